The number of aromatic nitrogens is 1. The van der Waals surface area contributed by atoms with E-state index in [9.17, 15) is 4.79 Å². The number of hydrogen-bond acceptors (Lipinski definition) is 3. The molecule has 0 saturated heterocycles. The summed E-state index contributed by atoms with van der Waals surface area (Å²) in [6, 6.07) is 4.14. The van der Waals surface area contributed by atoms with E-state index in [0.717, 1.165) is 31.2 Å². The molecule has 0 radical (unpaired) electrons. The molecule has 2 N–H and O–H groups in total. The van der Waals surface area contributed by atoms with Crippen molar-refractivity contribution in [2.45, 2.75) is 38.1 Å². The molecule has 0 spiro atoms. The summed E-state index contributed by atoms with van der Waals surface area (Å²) in [5, 5.41) is 0. The summed E-state index contributed by atoms with van der Waals surface area (Å²) in [4.78, 5) is 16.0. The van der Waals surface area contributed by atoms with Gasteiger partial charge in [0.05, 0.1) is 0 Å². The maximum atomic E-state index is 12.0. The van der Waals surface area contributed by atoms with Crippen LogP contribution in [0.2, 0.25) is 0 Å². The molecule has 3 heteroatoms. The molecular formula is C13H18N2O. The van der Waals surface area contributed by atoms with Crippen molar-refractivity contribution < 1.29 is 4.79 Å². The Morgan fingerprint density at radius 1 is 1.38 bits per heavy atom. The number of carbonyl (C=O) groups is 1. The Morgan fingerprint density at radius 3 is 2.75 bits per heavy atom. The van der Waals surface area contributed by atoms with Crippen molar-refractivity contribution in [3.8, 4) is 0 Å². The molecule has 1 aromatic rings. The lowest BCUT2D eigenvalue weighted by Gasteiger charge is -2.24. The van der Waals surface area contributed by atoms with Gasteiger partial charge < -0.3 is 5.73 Å². The van der Waals surface area contributed by atoms with Crippen LogP contribution in [0.25, 0.3) is 0 Å². The summed E-state index contributed by atoms with van der Waals surface area (Å²) in [6.45, 7) is 0. The fourth-order valence-corrected chi connectivity index (χ4v) is 2.29. The van der Waals surface area contributed by atoms with Gasteiger partial charge >= 0.3 is 0 Å². The van der Waals surface area contributed by atoms with Gasteiger partial charge in [0.2, 0.25) is 0 Å². The molecule has 0 unspecified atom stereocenters. The highest BCUT2D eigenvalue weighted by Gasteiger charge is 2.24. The van der Waals surface area contributed by atoms with Gasteiger partial charge in [-0.05, 0) is 37.3 Å². The standard InChI is InChI=1S/C13H18N2O/c14-12-5-3-11(4-6-12)13(16)8-10-2-1-7-15-9-10/h1-2,7,9,11-12H,3-6,8,14H2. The highest BCUT2D eigenvalue weighted by Crippen LogP contribution is 2.24. The van der Waals surface area contributed by atoms with Crippen molar-refractivity contribution in [2.75, 3.05) is 0 Å². The number of pyridine rings is 1. The van der Waals surface area contributed by atoms with Gasteiger partial charge in [0.25, 0.3) is 0 Å². The highest BCUT2D eigenvalue weighted by atomic mass is 16.1. The maximum Gasteiger partial charge on any atom is 0.140 e. The Kier molecular flexibility index (Phi) is 3.67. The first-order valence-corrected chi connectivity index (χ1v) is 5.93. The molecule has 1 aromatic heterocycles. The fourth-order valence-electron chi connectivity index (χ4n) is 2.29. The first kappa shape index (κ1) is 11.3. The fraction of sp³-hybridized carbons (Fsp3) is 0.538. The quantitative estimate of drug-likeness (QED) is 0.840. The number of hydrogen-bond donors (Lipinski definition) is 1. The van der Waals surface area contributed by atoms with Crippen LogP contribution in [0.1, 0.15) is 31.2 Å². The summed E-state index contributed by atoms with van der Waals surface area (Å²) in [5.74, 6) is 0.569. The van der Waals surface area contributed by atoms with Crippen LogP contribution in [0.15, 0.2) is 24.5 Å². The summed E-state index contributed by atoms with van der Waals surface area (Å²) >= 11 is 0. The normalized spacial score (nSPS) is 25.3. The number of Topliss-reactive ketones (excluding diaryl/α,β-unsaturated/α-hetero) is 1. The van der Waals surface area contributed by atoms with Crippen molar-refractivity contribution >= 4 is 5.78 Å². The van der Waals surface area contributed by atoms with Crippen molar-refractivity contribution in [1.82, 2.24) is 4.98 Å². The molecule has 0 aliphatic heterocycles. The number of carbonyl (C=O) groups excluding carboxylic acids is 1. The van der Waals surface area contributed by atoms with E-state index < -0.39 is 0 Å². The van der Waals surface area contributed by atoms with Gasteiger partial charge in [-0.25, -0.2) is 0 Å². The molecule has 1 aliphatic rings. The Labute approximate surface area is 96.1 Å². The molecule has 86 valence electrons. The number of nitrogens with zero attached hydrogens (tertiary/aromatic N) is 1. The molecule has 1 heterocycles. The summed E-state index contributed by atoms with van der Waals surface area (Å²) < 4.78 is 0. The number of rotatable bonds is 3. The van der Waals surface area contributed by atoms with E-state index in [4.69, 9.17) is 5.73 Å². The van der Waals surface area contributed by atoms with Crippen LogP contribution in [0.5, 0.6) is 0 Å². The molecule has 0 bridgehead atoms. The third-order valence-corrected chi connectivity index (χ3v) is 3.33. The van der Waals surface area contributed by atoms with Gasteiger partial charge in [-0.15, -0.1) is 0 Å². The minimum atomic E-state index is 0.222. The lowest BCUT2D eigenvalue weighted by atomic mass is 9.82. The minimum Gasteiger partial charge on any atom is -0.328 e. The second kappa shape index (κ2) is 5.21. The van der Waals surface area contributed by atoms with E-state index in [1.807, 2.05) is 12.1 Å². The first-order valence-electron chi connectivity index (χ1n) is 5.93. The zero-order valence-corrected chi connectivity index (χ0v) is 9.43. The van der Waals surface area contributed by atoms with Gasteiger partial charge in [0.15, 0.2) is 0 Å². The van der Waals surface area contributed by atoms with Gasteiger partial charge in [-0.2, -0.15) is 0 Å². The molecule has 0 amide bonds. The number of nitrogens with two attached hydrogens (primary N) is 1. The third kappa shape index (κ3) is 2.89. The molecule has 16 heavy (non-hydrogen) atoms. The topological polar surface area (TPSA) is 56.0 Å². The average molecular weight is 218 g/mol. The van der Waals surface area contributed by atoms with Crippen molar-refractivity contribution in [1.29, 1.82) is 0 Å². The Hall–Kier alpha value is -1.22. The minimum absolute atomic E-state index is 0.222. The monoisotopic (exact) mass is 218 g/mol. The zero-order valence-electron chi connectivity index (χ0n) is 9.43. The van der Waals surface area contributed by atoms with E-state index in [0.29, 0.717) is 18.2 Å². The summed E-state index contributed by atoms with van der Waals surface area (Å²) in [7, 11) is 0. The maximum absolute atomic E-state index is 12.0. The van der Waals surface area contributed by atoms with E-state index in [2.05, 4.69) is 4.98 Å². The van der Waals surface area contributed by atoms with Crippen LogP contribution in [0.4, 0.5) is 0 Å². The lowest BCUT2D eigenvalue weighted by Crippen LogP contribution is -2.30. The van der Waals surface area contributed by atoms with Crippen LogP contribution < -0.4 is 5.73 Å². The van der Waals surface area contributed by atoms with E-state index in [1.54, 1.807) is 12.4 Å². The van der Waals surface area contributed by atoms with Crippen LogP contribution >= 0.6 is 0 Å². The average Bonchev–Trinajstić information content (AvgIpc) is 2.31. The van der Waals surface area contributed by atoms with Crippen molar-refractivity contribution in [3.05, 3.63) is 30.1 Å². The smallest absolute Gasteiger partial charge is 0.140 e. The lowest BCUT2D eigenvalue weighted by molar-refractivity contribution is -0.123. The molecule has 0 aromatic carbocycles. The van der Waals surface area contributed by atoms with Crippen LogP contribution in [-0.4, -0.2) is 16.8 Å². The molecule has 0 atom stereocenters. The van der Waals surface area contributed by atoms with Gasteiger partial charge in [-0.3, -0.25) is 9.78 Å². The molecular weight excluding hydrogens is 200 g/mol. The zero-order chi connectivity index (χ0) is 11.4. The largest absolute Gasteiger partial charge is 0.328 e. The highest BCUT2D eigenvalue weighted by molar-refractivity contribution is 5.83. The molecule has 1 saturated carbocycles. The second-order valence-corrected chi connectivity index (χ2v) is 4.62. The Balaban J connectivity index is 1.89. The molecule has 2 rings (SSSR count). The van der Waals surface area contributed by atoms with Gasteiger partial charge in [0.1, 0.15) is 5.78 Å². The molecule has 3 nitrogen and oxygen atoms in total. The Bertz CT molecular complexity index is 342. The second-order valence-electron chi connectivity index (χ2n) is 4.62. The molecule has 1 fully saturated rings. The van der Waals surface area contributed by atoms with Crippen molar-refractivity contribution in [3.63, 3.8) is 0 Å². The van der Waals surface area contributed by atoms with Crippen molar-refractivity contribution in [2.24, 2.45) is 11.7 Å². The van der Waals surface area contributed by atoms with Crippen LogP contribution in [0, 0.1) is 5.92 Å². The van der Waals surface area contributed by atoms with Crippen LogP contribution in [0.3, 0.4) is 0 Å². The number of ketones is 1. The predicted octanol–water partition coefficient (Wildman–Crippen LogP) is 1.71. The third-order valence-electron chi connectivity index (χ3n) is 3.33. The van der Waals surface area contributed by atoms with Gasteiger partial charge in [0, 0.05) is 30.8 Å². The SMILES string of the molecule is NC1CCC(C(=O)Cc2cccnc2)CC1. The van der Waals surface area contributed by atoms with E-state index in [-0.39, 0.29) is 5.92 Å². The molecule has 1 aliphatic carbocycles. The van der Waals surface area contributed by atoms with E-state index >= 15 is 0 Å². The van der Waals surface area contributed by atoms with Gasteiger partial charge in [-0.1, -0.05) is 6.07 Å². The van der Waals surface area contributed by atoms with E-state index in [1.165, 1.54) is 0 Å². The first-order chi connectivity index (χ1) is 7.75. The Morgan fingerprint density at radius 2 is 2.12 bits per heavy atom. The summed E-state index contributed by atoms with van der Waals surface area (Å²) in [6.07, 6.45) is 7.92. The predicted molar refractivity (Wildman–Crippen MR) is 62.9 cm³/mol. The van der Waals surface area contributed by atoms with Crippen LogP contribution in [-0.2, 0) is 11.2 Å². The summed E-state index contributed by atoms with van der Waals surface area (Å²) in [5.41, 5.74) is 6.84.